The van der Waals surface area contributed by atoms with Crippen LogP contribution >= 0.6 is 0 Å². The number of hydrogen-bond acceptors (Lipinski definition) is 2. The molecule has 0 bridgehead atoms. The van der Waals surface area contributed by atoms with Crippen LogP contribution in [0.2, 0.25) is 0 Å². The van der Waals surface area contributed by atoms with Gasteiger partial charge >= 0.3 is 0 Å². The first-order valence-corrected chi connectivity index (χ1v) is 3.90. The summed E-state index contributed by atoms with van der Waals surface area (Å²) in [5.41, 5.74) is 7.60. The van der Waals surface area contributed by atoms with Crippen molar-refractivity contribution in [2.45, 2.75) is 6.92 Å². The third-order valence-electron chi connectivity index (χ3n) is 1.75. The Hall–Kier alpha value is -1.28. The van der Waals surface area contributed by atoms with Crippen LogP contribution in [0.3, 0.4) is 0 Å². The number of rotatable bonds is 2. The van der Waals surface area contributed by atoms with E-state index in [1.54, 1.807) is 12.1 Å². The lowest BCUT2D eigenvalue weighted by Gasteiger charge is -2.00. The van der Waals surface area contributed by atoms with E-state index in [2.05, 4.69) is 0 Å². The summed E-state index contributed by atoms with van der Waals surface area (Å²) in [6, 6.07) is 7.08. The van der Waals surface area contributed by atoms with Gasteiger partial charge in [0.15, 0.2) is 0 Å². The highest BCUT2D eigenvalue weighted by molar-refractivity contribution is 5.64. The molecule has 0 amide bonds. The number of aromatic hydroxyl groups is 1. The van der Waals surface area contributed by atoms with Crippen LogP contribution < -0.4 is 5.73 Å². The van der Waals surface area contributed by atoms with E-state index in [9.17, 15) is 0 Å². The third kappa shape index (κ3) is 2.10. The number of hydrogen-bond donors (Lipinski definition) is 2. The van der Waals surface area contributed by atoms with Crippen LogP contribution in [0.1, 0.15) is 12.5 Å². The van der Waals surface area contributed by atoms with E-state index in [-0.39, 0.29) is 0 Å². The van der Waals surface area contributed by atoms with Gasteiger partial charge in [-0.05, 0) is 30.2 Å². The Labute approximate surface area is 72.3 Å². The van der Waals surface area contributed by atoms with E-state index in [4.69, 9.17) is 10.8 Å². The minimum Gasteiger partial charge on any atom is -0.508 e. The van der Waals surface area contributed by atoms with E-state index in [0.717, 1.165) is 11.1 Å². The Bertz CT molecular complexity index is 274. The van der Waals surface area contributed by atoms with Gasteiger partial charge in [-0.2, -0.15) is 0 Å². The summed E-state index contributed by atoms with van der Waals surface area (Å²) >= 11 is 0. The molecule has 0 heterocycles. The maximum absolute atomic E-state index is 9.02. The van der Waals surface area contributed by atoms with Crippen LogP contribution in [0, 0.1) is 0 Å². The zero-order chi connectivity index (χ0) is 8.97. The van der Waals surface area contributed by atoms with Crippen molar-refractivity contribution in [2.75, 3.05) is 6.54 Å². The van der Waals surface area contributed by atoms with Crippen molar-refractivity contribution < 1.29 is 5.11 Å². The molecule has 0 aliphatic carbocycles. The maximum Gasteiger partial charge on any atom is 0.115 e. The van der Waals surface area contributed by atoms with Crippen molar-refractivity contribution in [1.82, 2.24) is 0 Å². The van der Waals surface area contributed by atoms with Gasteiger partial charge in [0.2, 0.25) is 0 Å². The highest BCUT2D eigenvalue weighted by atomic mass is 16.3. The molecule has 64 valence electrons. The van der Waals surface area contributed by atoms with Gasteiger partial charge in [0, 0.05) is 6.54 Å². The average Bonchev–Trinajstić information content (AvgIpc) is 2.06. The van der Waals surface area contributed by atoms with Crippen LogP contribution in [0.15, 0.2) is 30.3 Å². The van der Waals surface area contributed by atoms with Crippen LogP contribution in [-0.4, -0.2) is 11.7 Å². The fourth-order valence-corrected chi connectivity index (χ4v) is 1.02. The van der Waals surface area contributed by atoms with E-state index >= 15 is 0 Å². The molecule has 0 unspecified atom stereocenters. The van der Waals surface area contributed by atoms with Gasteiger partial charge in [0.25, 0.3) is 0 Å². The molecule has 3 N–H and O–H groups in total. The molecule has 2 nitrogen and oxygen atoms in total. The molecular formula is C10H13NO. The first kappa shape index (κ1) is 8.81. The fraction of sp³-hybridized carbons (Fsp3) is 0.200. The fourth-order valence-electron chi connectivity index (χ4n) is 1.02. The topological polar surface area (TPSA) is 46.2 Å². The molecule has 1 rings (SSSR count). The summed E-state index contributed by atoms with van der Waals surface area (Å²) in [6.45, 7) is 2.55. The summed E-state index contributed by atoms with van der Waals surface area (Å²) in [6.07, 6.45) is 1.95. The van der Waals surface area contributed by atoms with Gasteiger partial charge in [-0.15, -0.1) is 0 Å². The van der Waals surface area contributed by atoms with Crippen LogP contribution in [0.4, 0.5) is 0 Å². The van der Waals surface area contributed by atoms with Crippen molar-refractivity contribution in [2.24, 2.45) is 5.73 Å². The lowest BCUT2D eigenvalue weighted by Crippen LogP contribution is -1.94. The molecule has 0 atom stereocenters. The van der Waals surface area contributed by atoms with Crippen molar-refractivity contribution >= 4 is 5.57 Å². The quantitative estimate of drug-likeness (QED) is 0.697. The van der Waals surface area contributed by atoms with E-state index in [0.29, 0.717) is 12.3 Å². The second-order valence-corrected chi connectivity index (χ2v) is 2.67. The molecule has 0 radical (unpaired) electrons. The minimum absolute atomic E-state index is 0.291. The Morgan fingerprint density at radius 2 is 2.00 bits per heavy atom. The zero-order valence-electron chi connectivity index (χ0n) is 7.12. The van der Waals surface area contributed by atoms with E-state index in [1.807, 2.05) is 25.1 Å². The van der Waals surface area contributed by atoms with Crippen molar-refractivity contribution in [1.29, 1.82) is 0 Å². The Morgan fingerprint density at radius 3 is 2.50 bits per heavy atom. The summed E-state index contributed by atoms with van der Waals surface area (Å²) in [5.74, 6) is 0.291. The lowest BCUT2D eigenvalue weighted by molar-refractivity contribution is 0.475. The summed E-state index contributed by atoms with van der Waals surface area (Å²) < 4.78 is 0. The monoisotopic (exact) mass is 163 g/mol. The summed E-state index contributed by atoms with van der Waals surface area (Å²) in [4.78, 5) is 0. The summed E-state index contributed by atoms with van der Waals surface area (Å²) in [5, 5.41) is 9.02. The highest BCUT2D eigenvalue weighted by Crippen LogP contribution is 2.16. The van der Waals surface area contributed by atoms with Crippen LogP contribution in [-0.2, 0) is 0 Å². The standard InChI is InChI=1S/C10H13NO/c1-8(6-7-11)9-2-4-10(12)5-3-9/h2-6,12H,7,11H2,1H3/b8-6-. The molecule has 0 fully saturated rings. The lowest BCUT2D eigenvalue weighted by atomic mass is 10.1. The van der Waals surface area contributed by atoms with Gasteiger partial charge in [-0.25, -0.2) is 0 Å². The smallest absolute Gasteiger partial charge is 0.115 e. The predicted molar refractivity (Wildman–Crippen MR) is 50.8 cm³/mol. The Kier molecular flexibility index (Phi) is 2.88. The third-order valence-corrected chi connectivity index (χ3v) is 1.75. The number of phenolic OH excluding ortho intramolecular Hbond substituents is 1. The first-order valence-electron chi connectivity index (χ1n) is 3.90. The Balaban J connectivity index is 2.89. The SMILES string of the molecule is C/C(=C/CN)c1ccc(O)cc1. The minimum atomic E-state index is 0.291. The largest absolute Gasteiger partial charge is 0.508 e. The summed E-state index contributed by atoms with van der Waals surface area (Å²) in [7, 11) is 0. The second kappa shape index (κ2) is 3.93. The molecule has 0 aliphatic rings. The van der Waals surface area contributed by atoms with Crippen molar-refractivity contribution in [3.8, 4) is 5.75 Å². The molecule has 2 heteroatoms. The van der Waals surface area contributed by atoms with E-state index in [1.165, 1.54) is 0 Å². The zero-order valence-corrected chi connectivity index (χ0v) is 7.12. The highest BCUT2D eigenvalue weighted by Gasteiger charge is 1.93. The molecular weight excluding hydrogens is 150 g/mol. The predicted octanol–water partition coefficient (Wildman–Crippen LogP) is 1.75. The van der Waals surface area contributed by atoms with Gasteiger partial charge in [-0.1, -0.05) is 18.2 Å². The molecule has 0 saturated carbocycles. The molecule has 1 aromatic carbocycles. The average molecular weight is 163 g/mol. The molecule has 0 aromatic heterocycles. The van der Waals surface area contributed by atoms with E-state index < -0.39 is 0 Å². The van der Waals surface area contributed by atoms with Crippen molar-refractivity contribution in [3.63, 3.8) is 0 Å². The molecule has 0 saturated heterocycles. The normalized spacial score (nSPS) is 11.7. The second-order valence-electron chi connectivity index (χ2n) is 2.67. The molecule has 0 aliphatic heterocycles. The van der Waals surface area contributed by atoms with Gasteiger partial charge in [0.05, 0.1) is 0 Å². The molecule has 12 heavy (non-hydrogen) atoms. The maximum atomic E-state index is 9.02. The van der Waals surface area contributed by atoms with Gasteiger partial charge < -0.3 is 10.8 Å². The number of benzene rings is 1. The number of nitrogens with two attached hydrogens (primary N) is 1. The Morgan fingerprint density at radius 1 is 1.42 bits per heavy atom. The van der Waals surface area contributed by atoms with Crippen molar-refractivity contribution in [3.05, 3.63) is 35.9 Å². The van der Waals surface area contributed by atoms with Gasteiger partial charge in [0.1, 0.15) is 5.75 Å². The number of phenols is 1. The number of allylic oxidation sites excluding steroid dienone is 1. The molecule has 0 spiro atoms. The van der Waals surface area contributed by atoms with Crippen LogP contribution in [0.25, 0.3) is 5.57 Å². The van der Waals surface area contributed by atoms with Gasteiger partial charge in [-0.3, -0.25) is 0 Å². The molecule has 1 aromatic rings. The first-order chi connectivity index (χ1) is 5.74. The van der Waals surface area contributed by atoms with Crippen LogP contribution in [0.5, 0.6) is 5.75 Å².